The zero-order chi connectivity index (χ0) is 20.8. The summed E-state index contributed by atoms with van der Waals surface area (Å²) < 4.78 is 0. The predicted octanol–water partition coefficient (Wildman–Crippen LogP) is 4.19. The van der Waals surface area contributed by atoms with E-state index in [-0.39, 0.29) is 11.8 Å². The summed E-state index contributed by atoms with van der Waals surface area (Å²) in [7, 11) is 0. The molecule has 0 aliphatic heterocycles. The largest absolute Gasteiger partial charge is 0.340 e. The molecule has 4 N–H and O–H groups in total. The molecule has 0 unspecified atom stereocenters. The van der Waals surface area contributed by atoms with Crippen LogP contribution in [0.3, 0.4) is 0 Å². The summed E-state index contributed by atoms with van der Waals surface area (Å²) in [6.45, 7) is 4.81. The van der Waals surface area contributed by atoms with Crippen LogP contribution in [0.2, 0.25) is 0 Å². The number of carbonyl (C=O) groups is 2. The van der Waals surface area contributed by atoms with Crippen molar-refractivity contribution in [2.45, 2.75) is 20.8 Å². The first-order valence-electron chi connectivity index (χ1n) is 9.02. The Balaban J connectivity index is 1.74. The standard InChI is InChI=1S/C21H22N6O2/c1-13-11-20(25-19-6-4-5-18(12-19)24-15(3)29)27-21(22-13)26-17-9-7-16(8-10-17)23-14(2)28/h4-12H,1-3H3,(H,23,28)(H,24,29)(H2,22,25,26,27). The molecule has 1 aromatic heterocycles. The second-order valence-corrected chi connectivity index (χ2v) is 6.49. The molecule has 148 valence electrons. The van der Waals surface area contributed by atoms with Crippen LogP contribution in [0, 0.1) is 6.92 Å². The molecule has 0 saturated carbocycles. The third-order valence-electron chi connectivity index (χ3n) is 3.77. The summed E-state index contributed by atoms with van der Waals surface area (Å²) in [6, 6.07) is 16.5. The first-order chi connectivity index (χ1) is 13.9. The first kappa shape index (κ1) is 19.8. The van der Waals surface area contributed by atoms with Crippen LogP contribution in [0.4, 0.5) is 34.5 Å². The second-order valence-electron chi connectivity index (χ2n) is 6.49. The third kappa shape index (κ3) is 6.03. The summed E-state index contributed by atoms with van der Waals surface area (Å²) in [4.78, 5) is 31.3. The molecule has 0 radical (unpaired) electrons. The van der Waals surface area contributed by atoms with Gasteiger partial charge in [0.25, 0.3) is 0 Å². The molecule has 29 heavy (non-hydrogen) atoms. The van der Waals surface area contributed by atoms with Gasteiger partial charge in [-0.05, 0) is 49.4 Å². The van der Waals surface area contributed by atoms with Crippen LogP contribution in [0.15, 0.2) is 54.6 Å². The van der Waals surface area contributed by atoms with Gasteiger partial charge in [-0.15, -0.1) is 0 Å². The minimum Gasteiger partial charge on any atom is -0.340 e. The Morgan fingerprint density at radius 2 is 1.34 bits per heavy atom. The van der Waals surface area contributed by atoms with Crippen LogP contribution in [-0.4, -0.2) is 21.8 Å². The van der Waals surface area contributed by atoms with Gasteiger partial charge in [-0.25, -0.2) is 4.98 Å². The highest BCUT2D eigenvalue weighted by Crippen LogP contribution is 2.22. The number of benzene rings is 2. The van der Waals surface area contributed by atoms with Gasteiger partial charge in [0.1, 0.15) is 5.82 Å². The molecule has 0 aliphatic rings. The molecule has 3 aromatic rings. The van der Waals surface area contributed by atoms with E-state index in [9.17, 15) is 9.59 Å². The molecule has 0 saturated heterocycles. The van der Waals surface area contributed by atoms with E-state index in [1.165, 1.54) is 13.8 Å². The Kier molecular flexibility index (Phi) is 6.03. The molecular formula is C21H22N6O2. The van der Waals surface area contributed by atoms with E-state index in [1.54, 1.807) is 12.1 Å². The van der Waals surface area contributed by atoms with Gasteiger partial charge in [0.2, 0.25) is 17.8 Å². The van der Waals surface area contributed by atoms with Crippen molar-refractivity contribution in [2.24, 2.45) is 0 Å². The molecule has 2 amide bonds. The van der Waals surface area contributed by atoms with E-state index in [0.717, 1.165) is 22.8 Å². The average molecular weight is 390 g/mol. The number of carbonyl (C=O) groups excluding carboxylic acids is 2. The van der Waals surface area contributed by atoms with Gasteiger partial charge in [0.05, 0.1) is 0 Å². The predicted molar refractivity (Wildman–Crippen MR) is 115 cm³/mol. The SMILES string of the molecule is CC(=O)Nc1ccc(Nc2nc(C)cc(Nc3cccc(NC(C)=O)c3)n2)cc1. The smallest absolute Gasteiger partial charge is 0.229 e. The van der Waals surface area contributed by atoms with Crippen molar-refractivity contribution in [2.75, 3.05) is 21.3 Å². The Morgan fingerprint density at radius 1 is 0.724 bits per heavy atom. The number of hydrogen-bond donors (Lipinski definition) is 4. The number of anilines is 6. The maximum absolute atomic E-state index is 11.2. The normalized spacial score (nSPS) is 10.2. The lowest BCUT2D eigenvalue weighted by atomic mass is 10.2. The van der Waals surface area contributed by atoms with Crippen LogP contribution in [-0.2, 0) is 9.59 Å². The second kappa shape index (κ2) is 8.83. The van der Waals surface area contributed by atoms with E-state index in [0.29, 0.717) is 17.5 Å². The summed E-state index contributed by atoms with van der Waals surface area (Å²) in [5, 5.41) is 11.9. The van der Waals surface area contributed by atoms with Crippen molar-refractivity contribution in [3.8, 4) is 0 Å². The average Bonchev–Trinajstić information content (AvgIpc) is 2.62. The molecule has 0 spiro atoms. The molecule has 1 heterocycles. The Morgan fingerprint density at radius 3 is 2.03 bits per heavy atom. The van der Waals surface area contributed by atoms with Crippen molar-refractivity contribution in [3.05, 3.63) is 60.3 Å². The van der Waals surface area contributed by atoms with Crippen LogP contribution in [0.25, 0.3) is 0 Å². The summed E-state index contributed by atoms with van der Waals surface area (Å²) >= 11 is 0. The third-order valence-corrected chi connectivity index (χ3v) is 3.77. The van der Waals surface area contributed by atoms with E-state index >= 15 is 0 Å². The van der Waals surface area contributed by atoms with Gasteiger partial charge >= 0.3 is 0 Å². The highest BCUT2D eigenvalue weighted by molar-refractivity contribution is 5.89. The van der Waals surface area contributed by atoms with Gasteiger partial charge in [0.15, 0.2) is 0 Å². The number of aryl methyl sites for hydroxylation is 1. The lowest BCUT2D eigenvalue weighted by Gasteiger charge is -2.11. The molecule has 8 nitrogen and oxygen atoms in total. The molecule has 2 aromatic carbocycles. The summed E-state index contributed by atoms with van der Waals surface area (Å²) in [5.41, 5.74) is 3.79. The van der Waals surface area contributed by atoms with E-state index in [1.807, 2.05) is 49.4 Å². The van der Waals surface area contributed by atoms with Crippen LogP contribution < -0.4 is 21.3 Å². The fourth-order valence-corrected chi connectivity index (χ4v) is 2.68. The molecule has 8 heteroatoms. The Bertz CT molecular complexity index is 1030. The van der Waals surface area contributed by atoms with Gasteiger partial charge in [-0.1, -0.05) is 6.07 Å². The van der Waals surface area contributed by atoms with Crippen molar-refractivity contribution in [1.82, 2.24) is 9.97 Å². The molecule has 3 rings (SSSR count). The minimum atomic E-state index is -0.129. The monoisotopic (exact) mass is 390 g/mol. The minimum absolute atomic E-state index is 0.119. The fourth-order valence-electron chi connectivity index (χ4n) is 2.68. The molecule has 0 atom stereocenters. The maximum atomic E-state index is 11.2. The van der Waals surface area contributed by atoms with Crippen molar-refractivity contribution in [3.63, 3.8) is 0 Å². The van der Waals surface area contributed by atoms with Crippen molar-refractivity contribution in [1.29, 1.82) is 0 Å². The van der Waals surface area contributed by atoms with Gasteiger partial charge in [-0.2, -0.15) is 4.98 Å². The number of nitrogens with one attached hydrogen (secondary N) is 4. The van der Waals surface area contributed by atoms with E-state index in [2.05, 4.69) is 31.2 Å². The summed E-state index contributed by atoms with van der Waals surface area (Å²) in [6.07, 6.45) is 0. The Labute approximate surface area is 168 Å². The van der Waals surface area contributed by atoms with E-state index < -0.39 is 0 Å². The van der Waals surface area contributed by atoms with Gasteiger partial charge in [0, 0.05) is 48.4 Å². The summed E-state index contributed by atoms with van der Waals surface area (Å²) in [5.74, 6) is 0.815. The zero-order valence-electron chi connectivity index (χ0n) is 16.4. The van der Waals surface area contributed by atoms with Crippen LogP contribution >= 0.6 is 0 Å². The number of rotatable bonds is 6. The van der Waals surface area contributed by atoms with E-state index in [4.69, 9.17) is 0 Å². The number of nitrogens with zero attached hydrogens (tertiary/aromatic N) is 2. The number of amides is 2. The van der Waals surface area contributed by atoms with Gasteiger partial charge in [-0.3, -0.25) is 9.59 Å². The number of hydrogen-bond acceptors (Lipinski definition) is 6. The lowest BCUT2D eigenvalue weighted by Crippen LogP contribution is -2.06. The number of aromatic nitrogens is 2. The lowest BCUT2D eigenvalue weighted by molar-refractivity contribution is -0.115. The van der Waals surface area contributed by atoms with Crippen molar-refractivity contribution < 1.29 is 9.59 Å². The highest BCUT2D eigenvalue weighted by Gasteiger charge is 2.05. The molecule has 0 fully saturated rings. The first-order valence-corrected chi connectivity index (χ1v) is 9.02. The topological polar surface area (TPSA) is 108 Å². The van der Waals surface area contributed by atoms with Crippen LogP contribution in [0.1, 0.15) is 19.5 Å². The maximum Gasteiger partial charge on any atom is 0.229 e. The van der Waals surface area contributed by atoms with Crippen LogP contribution in [0.5, 0.6) is 0 Å². The molecular weight excluding hydrogens is 368 g/mol. The Hall–Kier alpha value is -3.94. The highest BCUT2D eigenvalue weighted by atomic mass is 16.2. The van der Waals surface area contributed by atoms with Gasteiger partial charge < -0.3 is 21.3 Å². The molecule has 0 aliphatic carbocycles. The van der Waals surface area contributed by atoms with Crippen molar-refractivity contribution >= 4 is 46.3 Å². The zero-order valence-corrected chi connectivity index (χ0v) is 16.4. The fraction of sp³-hybridized carbons (Fsp3) is 0.143. The quantitative estimate of drug-likeness (QED) is 0.503. The molecule has 0 bridgehead atoms.